The molecule has 0 aliphatic carbocycles. The summed E-state index contributed by atoms with van der Waals surface area (Å²) < 4.78 is 5.23. The summed E-state index contributed by atoms with van der Waals surface area (Å²) in [5, 5.41) is 9.41. The van der Waals surface area contributed by atoms with Crippen LogP contribution in [0, 0.1) is 0 Å². The molecule has 0 unspecified atom stereocenters. The summed E-state index contributed by atoms with van der Waals surface area (Å²) in [6.45, 7) is 1.17. The standard InChI is InChI=1S/C12H13ClO3/c13-10-3-1-2-9(6-10)12(7-16-8-12)5-4-11(14)15/h1-3,6H,4-5,7-8H2,(H,14,15). The van der Waals surface area contributed by atoms with Crippen LogP contribution in [-0.4, -0.2) is 24.3 Å². The van der Waals surface area contributed by atoms with E-state index < -0.39 is 5.97 Å². The monoisotopic (exact) mass is 240 g/mol. The molecule has 0 saturated carbocycles. The molecular formula is C12H13ClO3. The fourth-order valence-corrected chi connectivity index (χ4v) is 2.16. The van der Waals surface area contributed by atoms with E-state index in [1.54, 1.807) is 0 Å². The normalized spacial score (nSPS) is 17.8. The van der Waals surface area contributed by atoms with Crippen molar-refractivity contribution < 1.29 is 14.6 Å². The van der Waals surface area contributed by atoms with Gasteiger partial charge in [0, 0.05) is 16.9 Å². The van der Waals surface area contributed by atoms with Crippen LogP contribution in [0.1, 0.15) is 18.4 Å². The van der Waals surface area contributed by atoms with E-state index in [1.165, 1.54) is 0 Å². The largest absolute Gasteiger partial charge is 0.481 e. The van der Waals surface area contributed by atoms with Gasteiger partial charge in [-0.1, -0.05) is 23.7 Å². The third-order valence-corrected chi connectivity index (χ3v) is 3.25. The van der Waals surface area contributed by atoms with Gasteiger partial charge in [0.2, 0.25) is 0 Å². The Hall–Kier alpha value is -1.06. The number of hydrogen-bond acceptors (Lipinski definition) is 2. The van der Waals surface area contributed by atoms with Crippen molar-refractivity contribution in [3.05, 3.63) is 34.9 Å². The number of carboxylic acids is 1. The van der Waals surface area contributed by atoms with Gasteiger partial charge in [-0.05, 0) is 24.1 Å². The molecule has 0 bridgehead atoms. The van der Waals surface area contributed by atoms with Gasteiger partial charge in [-0.2, -0.15) is 0 Å². The van der Waals surface area contributed by atoms with Gasteiger partial charge in [-0.25, -0.2) is 0 Å². The summed E-state index contributed by atoms with van der Waals surface area (Å²) in [4.78, 5) is 10.6. The predicted octanol–water partition coefficient (Wildman–Crippen LogP) is 2.47. The number of ether oxygens (including phenoxy) is 1. The second-order valence-corrected chi connectivity index (χ2v) is 4.61. The van der Waals surface area contributed by atoms with E-state index in [-0.39, 0.29) is 11.8 Å². The van der Waals surface area contributed by atoms with Gasteiger partial charge in [0.25, 0.3) is 0 Å². The lowest BCUT2D eigenvalue weighted by Crippen LogP contribution is -2.47. The van der Waals surface area contributed by atoms with Crippen molar-refractivity contribution in [3.63, 3.8) is 0 Å². The van der Waals surface area contributed by atoms with Crippen LogP contribution in [0.2, 0.25) is 5.02 Å². The first-order valence-electron chi connectivity index (χ1n) is 5.18. The van der Waals surface area contributed by atoms with Crippen LogP contribution in [0.3, 0.4) is 0 Å². The Morgan fingerprint density at radius 2 is 2.25 bits per heavy atom. The molecule has 1 aliphatic rings. The van der Waals surface area contributed by atoms with E-state index in [0.717, 1.165) is 5.56 Å². The number of rotatable bonds is 4. The lowest BCUT2D eigenvalue weighted by molar-refractivity contribution is -0.139. The zero-order valence-electron chi connectivity index (χ0n) is 8.78. The zero-order valence-corrected chi connectivity index (χ0v) is 9.54. The molecule has 3 nitrogen and oxygen atoms in total. The number of hydrogen-bond donors (Lipinski definition) is 1. The Bertz CT molecular complexity index is 399. The Morgan fingerprint density at radius 3 is 2.75 bits per heavy atom. The van der Waals surface area contributed by atoms with Crippen molar-refractivity contribution in [2.45, 2.75) is 18.3 Å². The van der Waals surface area contributed by atoms with Crippen LogP contribution >= 0.6 is 11.6 Å². The maximum atomic E-state index is 10.6. The van der Waals surface area contributed by atoms with Crippen LogP contribution < -0.4 is 0 Å². The highest BCUT2D eigenvalue weighted by molar-refractivity contribution is 6.30. The van der Waals surface area contributed by atoms with Crippen molar-refractivity contribution in [1.82, 2.24) is 0 Å². The summed E-state index contributed by atoms with van der Waals surface area (Å²) in [5.41, 5.74) is 0.927. The Balaban J connectivity index is 2.17. The molecule has 1 aromatic carbocycles. The highest BCUT2D eigenvalue weighted by Gasteiger charge is 2.40. The number of aliphatic carboxylic acids is 1. The average Bonchev–Trinajstić information content (AvgIpc) is 2.15. The van der Waals surface area contributed by atoms with E-state index in [4.69, 9.17) is 21.4 Å². The second-order valence-electron chi connectivity index (χ2n) is 4.18. The molecule has 0 atom stereocenters. The van der Waals surface area contributed by atoms with E-state index in [2.05, 4.69) is 0 Å². The van der Waals surface area contributed by atoms with Crippen LogP contribution in [0.4, 0.5) is 0 Å². The van der Waals surface area contributed by atoms with Gasteiger partial charge in [-0.3, -0.25) is 4.79 Å². The molecule has 1 aromatic rings. The average molecular weight is 241 g/mol. The minimum absolute atomic E-state index is 0.150. The SMILES string of the molecule is O=C(O)CCC1(c2cccc(Cl)c2)COC1. The summed E-state index contributed by atoms with van der Waals surface area (Å²) in [5.74, 6) is -0.770. The number of benzene rings is 1. The van der Waals surface area contributed by atoms with Gasteiger partial charge in [0.05, 0.1) is 13.2 Å². The lowest BCUT2D eigenvalue weighted by Gasteiger charge is -2.42. The van der Waals surface area contributed by atoms with E-state index in [9.17, 15) is 4.79 Å². The minimum Gasteiger partial charge on any atom is -0.481 e. The molecule has 1 N–H and O–H groups in total. The molecule has 0 amide bonds. The van der Waals surface area contributed by atoms with Crippen LogP contribution in [0.5, 0.6) is 0 Å². The number of carboxylic acid groups (broad SMARTS) is 1. The smallest absolute Gasteiger partial charge is 0.303 e. The molecule has 0 spiro atoms. The Kier molecular flexibility index (Phi) is 3.17. The summed E-state index contributed by atoms with van der Waals surface area (Å²) in [6.07, 6.45) is 0.762. The van der Waals surface area contributed by atoms with Crippen LogP contribution in [0.25, 0.3) is 0 Å². The fourth-order valence-electron chi connectivity index (χ4n) is 1.97. The summed E-state index contributed by atoms with van der Waals surface area (Å²) >= 11 is 5.94. The molecule has 1 heterocycles. The van der Waals surface area contributed by atoms with Gasteiger partial charge in [-0.15, -0.1) is 0 Å². The summed E-state index contributed by atoms with van der Waals surface area (Å²) in [6, 6.07) is 7.58. The van der Waals surface area contributed by atoms with Crippen molar-refractivity contribution in [1.29, 1.82) is 0 Å². The van der Waals surface area contributed by atoms with Crippen LogP contribution in [0.15, 0.2) is 24.3 Å². The van der Waals surface area contributed by atoms with Crippen molar-refractivity contribution in [3.8, 4) is 0 Å². The molecule has 1 fully saturated rings. The van der Waals surface area contributed by atoms with Gasteiger partial charge in [0.1, 0.15) is 0 Å². The quantitative estimate of drug-likeness (QED) is 0.880. The molecule has 1 aliphatic heterocycles. The molecule has 86 valence electrons. The first-order chi connectivity index (χ1) is 7.62. The molecule has 0 aromatic heterocycles. The zero-order chi connectivity index (χ0) is 11.6. The first kappa shape index (κ1) is 11.4. The molecule has 4 heteroatoms. The van der Waals surface area contributed by atoms with E-state index in [1.807, 2.05) is 24.3 Å². The predicted molar refractivity (Wildman–Crippen MR) is 60.8 cm³/mol. The molecule has 16 heavy (non-hydrogen) atoms. The number of carbonyl (C=O) groups is 1. The molecule has 1 saturated heterocycles. The topological polar surface area (TPSA) is 46.5 Å². The van der Waals surface area contributed by atoms with Crippen molar-refractivity contribution in [2.24, 2.45) is 0 Å². The fraction of sp³-hybridized carbons (Fsp3) is 0.417. The highest BCUT2D eigenvalue weighted by Crippen LogP contribution is 2.37. The van der Waals surface area contributed by atoms with Gasteiger partial charge < -0.3 is 9.84 Å². The Labute approximate surface area is 99.0 Å². The first-order valence-corrected chi connectivity index (χ1v) is 5.56. The third-order valence-electron chi connectivity index (χ3n) is 3.01. The van der Waals surface area contributed by atoms with Crippen molar-refractivity contribution >= 4 is 17.6 Å². The maximum absolute atomic E-state index is 10.6. The Morgan fingerprint density at radius 1 is 1.50 bits per heavy atom. The molecular weight excluding hydrogens is 228 g/mol. The minimum atomic E-state index is -0.770. The third kappa shape index (κ3) is 2.20. The highest BCUT2D eigenvalue weighted by atomic mass is 35.5. The molecule has 2 rings (SSSR count). The maximum Gasteiger partial charge on any atom is 0.303 e. The second kappa shape index (κ2) is 4.44. The van der Waals surface area contributed by atoms with E-state index in [0.29, 0.717) is 24.7 Å². The van der Waals surface area contributed by atoms with Crippen LogP contribution in [-0.2, 0) is 14.9 Å². The molecule has 0 radical (unpaired) electrons. The number of halogens is 1. The van der Waals surface area contributed by atoms with Gasteiger partial charge >= 0.3 is 5.97 Å². The van der Waals surface area contributed by atoms with E-state index >= 15 is 0 Å². The van der Waals surface area contributed by atoms with Crippen molar-refractivity contribution in [2.75, 3.05) is 13.2 Å². The van der Waals surface area contributed by atoms with Gasteiger partial charge in [0.15, 0.2) is 0 Å². The summed E-state index contributed by atoms with van der Waals surface area (Å²) in [7, 11) is 0. The lowest BCUT2D eigenvalue weighted by atomic mass is 9.75.